The Kier molecular flexibility index (Phi) is 6.96. The molecule has 1 heterocycles. The lowest BCUT2D eigenvalue weighted by molar-refractivity contribution is 0.0966. The first-order chi connectivity index (χ1) is 14.7. The summed E-state index contributed by atoms with van der Waals surface area (Å²) in [6.45, 7) is 3.27. The van der Waals surface area contributed by atoms with Gasteiger partial charge in [-0.25, -0.2) is 8.78 Å². The van der Waals surface area contributed by atoms with Gasteiger partial charge in [0.25, 0.3) is 5.91 Å². The Morgan fingerprint density at radius 1 is 1.00 bits per heavy atom. The minimum atomic E-state index is -1.88. The van der Waals surface area contributed by atoms with Crippen LogP contribution in [0.4, 0.5) is 28.9 Å². The SMILES string of the molecule is COc1c(F)c(F)c(C(=O)NC(=S)Nc2ccccc2N2CCN(C)CC2)c(F)c1F. The summed E-state index contributed by atoms with van der Waals surface area (Å²) in [7, 11) is 2.87. The molecule has 31 heavy (non-hydrogen) atoms. The number of rotatable bonds is 4. The number of thiocarbonyl (C=S) groups is 1. The van der Waals surface area contributed by atoms with Crippen molar-refractivity contribution in [2.45, 2.75) is 0 Å². The molecule has 0 radical (unpaired) electrons. The van der Waals surface area contributed by atoms with Crippen LogP contribution in [0.25, 0.3) is 0 Å². The molecular formula is C20H20F4N4O2S. The molecule has 1 aliphatic rings. The Balaban J connectivity index is 1.78. The van der Waals surface area contributed by atoms with Gasteiger partial charge in [0.1, 0.15) is 5.56 Å². The Morgan fingerprint density at radius 3 is 2.16 bits per heavy atom. The summed E-state index contributed by atoms with van der Waals surface area (Å²) < 4.78 is 60.4. The van der Waals surface area contributed by atoms with Gasteiger partial charge in [-0.15, -0.1) is 0 Å². The number of nitrogens with zero attached hydrogens (tertiary/aromatic N) is 2. The van der Waals surface area contributed by atoms with Crippen LogP contribution >= 0.6 is 12.2 Å². The molecule has 0 aliphatic carbocycles. The van der Waals surface area contributed by atoms with Crippen LogP contribution < -0.4 is 20.3 Å². The second-order valence-corrected chi connectivity index (χ2v) is 7.29. The van der Waals surface area contributed by atoms with Crippen LogP contribution in [0.15, 0.2) is 24.3 Å². The minimum Gasteiger partial charge on any atom is -0.491 e. The van der Waals surface area contributed by atoms with E-state index in [1.165, 1.54) is 0 Å². The second kappa shape index (κ2) is 9.48. The van der Waals surface area contributed by atoms with Crippen molar-refractivity contribution in [2.24, 2.45) is 0 Å². The molecule has 0 saturated carbocycles. The summed E-state index contributed by atoms with van der Waals surface area (Å²) in [4.78, 5) is 16.6. The first-order valence-corrected chi connectivity index (χ1v) is 9.70. The molecule has 1 saturated heterocycles. The van der Waals surface area contributed by atoms with Gasteiger partial charge in [0.2, 0.25) is 11.6 Å². The fraction of sp³-hybridized carbons (Fsp3) is 0.300. The first-order valence-electron chi connectivity index (χ1n) is 9.29. The normalized spacial score (nSPS) is 14.3. The molecule has 2 aromatic rings. The number of anilines is 2. The molecule has 0 bridgehead atoms. The molecule has 2 N–H and O–H groups in total. The second-order valence-electron chi connectivity index (χ2n) is 6.88. The third-order valence-corrected chi connectivity index (χ3v) is 5.08. The summed E-state index contributed by atoms with van der Waals surface area (Å²) in [5, 5.41) is 4.56. The molecule has 1 aliphatic heterocycles. The quantitative estimate of drug-likeness (QED) is 0.419. The zero-order valence-corrected chi connectivity index (χ0v) is 17.6. The maximum Gasteiger partial charge on any atom is 0.263 e. The van der Waals surface area contributed by atoms with Gasteiger partial charge < -0.3 is 19.9 Å². The fourth-order valence-electron chi connectivity index (χ4n) is 3.21. The lowest BCUT2D eigenvalue weighted by Crippen LogP contribution is -2.45. The number of ether oxygens (including phenoxy) is 1. The highest BCUT2D eigenvalue weighted by Gasteiger charge is 2.30. The molecule has 1 amide bonds. The monoisotopic (exact) mass is 456 g/mol. The number of hydrogen-bond donors (Lipinski definition) is 2. The van der Waals surface area contributed by atoms with Crippen LogP contribution in [0.5, 0.6) is 5.75 Å². The maximum atomic E-state index is 14.2. The molecule has 1 fully saturated rings. The average molecular weight is 456 g/mol. The van der Waals surface area contributed by atoms with E-state index in [0.717, 1.165) is 39.0 Å². The van der Waals surface area contributed by atoms with E-state index in [1.54, 1.807) is 12.1 Å². The van der Waals surface area contributed by atoms with Gasteiger partial charge in [-0.3, -0.25) is 10.1 Å². The zero-order chi connectivity index (χ0) is 22.7. The number of piperazine rings is 1. The number of nitrogens with one attached hydrogen (secondary N) is 2. The molecule has 6 nitrogen and oxygen atoms in total. The molecule has 0 spiro atoms. The number of benzene rings is 2. The number of carbonyl (C=O) groups excluding carboxylic acids is 1. The Bertz CT molecular complexity index is 984. The lowest BCUT2D eigenvalue weighted by atomic mass is 10.1. The number of para-hydroxylation sites is 2. The van der Waals surface area contributed by atoms with Crippen LogP contribution in [-0.2, 0) is 0 Å². The predicted octanol–water partition coefficient (Wildman–Crippen LogP) is 3.13. The van der Waals surface area contributed by atoms with Gasteiger partial charge in [-0.1, -0.05) is 12.1 Å². The number of halogens is 4. The molecule has 0 atom stereocenters. The van der Waals surface area contributed by atoms with E-state index in [9.17, 15) is 22.4 Å². The van der Waals surface area contributed by atoms with Gasteiger partial charge in [-0.05, 0) is 31.4 Å². The summed E-state index contributed by atoms with van der Waals surface area (Å²) >= 11 is 5.07. The van der Waals surface area contributed by atoms with E-state index in [0.29, 0.717) is 5.69 Å². The maximum absolute atomic E-state index is 14.2. The average Bonchev–Trinajstić information content (AvgIpc) is 2.74. The van der Waals surface area contributed by atoms with Crippen molar-refractivity contribution in [3.63, 3.8) is 0 Å². The van der Waals surface area contributed by atoms with Crippen molar-refractivity contribution in [2.75, 3.05) is 50.6 Å². The van der Waals surface area contributed by atoms with E-state index >= 15 is 0 Å². The molecule has 2 aromatic carbocycles. The highest BCUT2D eigenvalue weighted by atomic mass is 32.1. The highest BCUT2D eigenvalue weighted by molar-refractivity contribution is 7.80. The van der Waals surface area contributed by atoms with Gasteiger partial charge in [0.05, 0.1) is 18.5 Å². The van der Waals surface area contributed by atoms with Crippen molar-refractivity contribution in [3.05, 3.63) is 53.1 Å². The number of amides is 1. The minimum absolute atomic E-state index is 0.290. The van der Waals surface area contributed by atoms with E-state index in [-0.39, 0.29) is 5.11 Å². The molecule has 11 heteroatoms. The number of methoxy groups -OCH3 is 1. The van der Waals surface area contributed by atoms with E-state index in [4.69, 9.17) is 12.2 Å². The van der Waals surface area contributed by atoms with Crippen LogP contribution in [0.1, 0.15) is 10.4 Å². The third-order valence-electron chi connectivity index (χ3n) is 4.88. The van der Waals surface area contributed by atoms with Crippen molar-refractivity contribution >= 4 is 34.6 Å². The summed E-state index contributed by atoms with van der Waals surface area (Å²) in [5.74, 6) is -10.1. The Morgan fingerprint density at radius 2 is 1.58 bits per heavy atom. The van der Waals surface area contributed by atoms with E-state index in [1.807, 2.05) is 19.2 Å². The lowest BCUT2D eigenvalue weighted by Gasteiger charge is -2.35. The largest absolute Gasteiger partial charge is 0.491 e. The van der Waals surface area contributed by atoms with Crippen LogP contribution in [-0.4, -0.2) is 56.3 Å². The van der Waals surface area contributed by atoms with E-state index < -0.39 is 40.5 Å². The van der Waals surface area contributed by atoms with Gasteiger partial charge in [0, 0.05) is 26.2 Å². The topological polar surface area (TPSA) is 56.8 Å². The number of carbonyl (C=O) groups is 1. The number of hydrogen-bond acceptors (Lipinski definition) is 5. The van der Waals surface area contributed by atoms with Crippen molar-refractivity contribution in [3.8, 4) is 5.75 Å². The fourth-order valence-corrected chi connectivity index (χ4v) is 3.41. The predicted molar refractivity (Wildman–Crippen MR) is 113 cm³/mol. The zero-order valence-electron chi connectivity index (χ0n) is 16.8. The van der Waals surface area contributed by atoms with E-state index in [2.05, 4.69) is 25.2 Å². The van der Waals surface area contributed by atoms with Crippen LogP contribution in [0.3, 0.4) is 0 Å². The molecule has 3 rings (SSSR count). The highest BCUT2D eigenvalue weighted by Crippen LogP contribution is 2.30. The summed E-state index contributed by atoms with van der Waals surface area (Å²) in [5.41, 5.74) is -0.0520. The molecule has 0 unspecified atom stereocenters. The van der Waals surface area contributed by atoms with Gasteiger partial charge in [-0.2, -0.15) is 8.78 Å². The first kappa shape index (κ1) is 22.8. The Labute approximate surface area is 181 Å². The van der Waals surface area contributed by atoms with Crippen LogP contribution in [0.2, 0.25) is 0 Å². The van der Waals surface area contributed by atoms with Gasteiger partial charge >= 0.3 is 0 Å². The standard InChI is InChI=1S/C20H20F4N4O2S/c1-27-7-9-28(10-8-27)12-6-4-3-5-11(12)25-20(31)26-19(29)13-14(21)16(23)18(30-2)17(24)15(13)22/h3-6H,7-10H2,1-2H3,(H2,25,26,29,31). The third kappa shape index (κ3) is 4.72. The summed E-state index contributed by atoms with van der Waals surface area (Å²) in [6.07, 6.45) is 0. The molecule has 166 valence electrons. The van der Waals surface area contributed by atoms with Crippen molar-refractivity contribution < 1.29 is 27.1 Å². The summed E-state index contributed by atoms with van der Waals surface area (Å²) in [6, 6.07) is 7.18. The molecular weight excluding hydrogens is 436 g/mol. The van der Waals surface area contributed by atoms with Crippen LogP contribution in [0, 0.1) is 23.3 Å². The van der Waals surface area contributed by atoms with Gasteiger partial charge in [0.15, 0.2) is 22.5 Å². The molecule has 0 aromatic heterocycles. The Hall–Kier alpha value is -2.92. The van der Waals surface area contributed by atoms with Crippen molar-refractivity contribution in [1.29, 1.82) is 0 Å². The smallest absolute Gasteiger partial charge is 0.263 e. The number of likely N-dealkylation sites (N-methyl/N-ethyl adjacent to an activating group) is 1. The van der Waals surface area contributed by atoms with Crippen molar-refractivity contribution in [1.82, 2.24) is 10.2 Å².